The van der Waals surface area contributed by atoms with Crippen LogP contribution < -0.4 is 0 Å². The van der Waals surface area contributed by atoms with E-state index in [4.69, 9.17) is 4.74 Å². The van der Waals surface area contributed by atoms with Crippen molar-refractivity contribution in [1.29, 1.82) is 0 Å². The molecule has 0 bridgehead atoms. The third-order valence-electron chi connectivity index (χ3n) is 7.22. The molecule has 1 aliphatic heterocycles. The van der Waals surface area contributed by atoms with E-state index in [1.807, 2.05) is 0 Å². The van der Waals surface area contributed by atoms with Gasteiger partial charge in [-0.2, -0.15) is 0 Å². The molecular weight excluding hydrogens is 280 g/mol. The molecule has 1 heteroatoms. The zero-order valence-corrected chi connectivity index (χ0v) is 15.6. The topological polar surface area (TPSA) is 9.23 Å². The molecule has 2 fully saturated rings. The van der Waals surface area contributed by atoms with Gasteiger partial charge in [0.15, 0.2) is 0 Å². The van der Waals surface area contributed by atoms with Crippen LogP contribution in [0.25, 0.3) is 0 Å². The SMILES string of the molecule is CCCC1CCC(C2CCC(C3CC=C(CC)OC3)CC2)CC1. The second-order valence-electron chi connectivity index (χ2n) is 8.58. The molecule has 132 valence electrons. The van der Waals surface area contributed by atoms with Crippen molar-refractivity contribution in [2.24, 2.45) is 29.6 Å². The van der Waals surface area contributed by atoms with E-state index in [1.54, 1.807) is 0 Å². The van der Waals surface area contributed by atoms with E-state index in [-0.39, 0.29) is 0 Å². The van der Waals surface area contributed by atoms with Gasteiger partial charge in [0.25, 0.3) is 0 Å². The Morgan fingerprint density at radius 2 is 1.39 bits per heavy atom. The molecule has 23 heavy (non-hydrogen) atoms. The normalized spacial score (nSPS) is 38.7. The van der Waals surface area contributed by atoms with Crippen molar-refractivity contribution in [2.75, 3.05) is 6.61 Å². The van der Waals surface area contributed by atoms with Crippen molar-refractivity contribution in [3.8, 4) is 0 Å². The number of rotatable bonds is 5. The summed E-state index contributed by atoms with van der Waals surface area (Å²) in [5.41, 5.74) is 0. The highest BCUT2D eigenvalue weighted by atomic mass is 16.5. The van der Waals surface area contributed by atoms with Crippen LogP contribution in [0.5, 0.6) is 0 Å². The summed E-state index contributed by atoms with van der Waals surface area (Å²) < 4.78 is 5.93. The Labute approximate surface area is 144 Å². The summed E-state index contributed by atoms with van der Waals surface area (Å²) in [7, 11) is 0. The Morgan fingerprint density at radius 1 is 0.826 bits per heavy atom. The fourth-order valence-corrected chi connectivity index (χ4v) is 5.64. The minimum Gasteiger partial charge on any atom is -0.498 e. The number of ether oxygens (including phenoxy) is 1. The number of hydrogen-bond acceptors (Lipinski definition) is 1. The summed E-state index contributed by atoms with van der Waals surface area (Å²) in [5.74, 6) is 6.17. The maximum atomic E-state index is 5.93. The Morgan fingerprint density at radius 3 is 1.87 bits per heavy atom. The first kappa shape index (κ1) is 17.4. The molecule has 3 aliphatic rings. The zero-order chi connectivity index (χ0) is 16.1. The third-order valence-corrected chi connectivity index (χ3v) is 7.22. The van der Waals surface area contributed by atoms with Crippen molar-refractivity contribution in [3.05, 3.63) is 11.8 Å². The second kappa shape index (κ2) is 8.58. The van der Waals surface area contributed by atoms with Crippen LogP contribution >= 0.6 is 0 Å². The molecule has 1 atom stereocenters. The zero-order valence-electron chi connectivity index (χ0n) is 15.6. The smallest absolute Gasteiger partial charge is 0.0917 e. The molecule has 0 aromatic carbocycles. The van der Waals surface area contributed by atoms with Crippen molar-refractivity contribution < 1.29 is 4.74 Å². The summed E-state index contributed by atoms with van der Waals surface area (Å²) in [5, 5.41) is 0. The lowest BCUT2D eigenvalue weighted by atomic mass is 9.66. The summed E-state index contributed by atoms with van der Waals surface area (Å²) in [6.45, 7) is 5.55. The summed E-state index contributed by atoms with van der Waals surface area (Å²) in [4.78, 5) is 0. The Bertz CT molecular complexity index is 369. The van der Waals surface area contributed by atoms with Crippen LogP contribution in [-0.2, 0) is 4.74 Å². The average Bonchev–Trinajstić information content (AvgIpc) is 2.63. The molecule has 0 amide bonds. The lowest BCUT2D eigenvalue weighted by Crippen LogP contribution is -2.30. The monoisotopic (exact) mass is 318 g/mol. The number of hydrogen-bond donors (Lipinski definition) is 0. The molecule has 0 spiro atoms. The largest absolute Gasteiger partial charge is 0.498 e. The van der Waals surface area contributed by atoms with Gasteiger partial charge in [0.1, 0.15) is 0 Å². The van der Waals surface area contributed by atoms with Gasteiger partial charge < -0.3 is 4.74 Å². The van der Waals surface area contributed by atoms with Crippen LogP contribution in [0.2, 0.25) is 0 Å². The summed E-state index contributed by atoms with van der Waals surface area (Å²) >= 11 is 0. The molecule has 0 aromatic rings. The first-order valence-corrected chi connectivity index (χ1v) is 10.6. The lowest BCUT2D eigenvalue weighted by Gasteiger charge is -2.40. The summed E-state index contributed by atoms with van der Waals surface area (Å²) in [6.07, 6.45) is 19.7. The van der Waals surface area contributed by atoms with Gasteiger partial charge in [-0.3, -0.25) is 0 Å². The highest BCUT2D eigenvalue weighted by molar-refractivity contribution is 4.98. The predicted molar refractivity (Wildman–Crippen MR) is 98.2 cm³/mol. The van der Waals surface area contributed by atoms with Gasteiger partial charge in [0, 0.05) is 6.42 Å². The maximum Gasteiger partial charge on any atom is 0.0917 e. The molecule has 0 N–H and O–H groups in total. The Hall–Kier alpha value is -0.460. The molecular formula is C22H38O. The van der Waals surface area contributed by atoms with Gasteiger partial charge in [-0.25, -0.2) is 0 Å². The molecule has 1 heterocycles. The van der Waals surface area contributed by atoms with Crippen molar-refractivity contribution in [1.82, 2.24) is 0 Å². The molecule has 3 rings (SSSR count). The minimum absolute atomic E-state index is 0.812. The van der Waals surface area contributed by atoms with Gasteiger partial charge in [-0.05, 0) is 80.6 Å². The predicted octanol–water partition coefficient (Wildman–Crippen LogP) is 6.73. The van der Waals surface area contributed by atoms with Gasteiger partial charge in [-0.15, -0.1) is 0 Å². The van der Waals surface area contributed by atoms with E-state index in [9.17, 15) is 0 Å². The van der Waals surface area contributed by atoms with E-state index >= 15 is 0 Å². The van der Waals surface area contributed by atoms with E-state index in [2.05, 4.69) is 19.9 Å². The molecule has 1 unspecified atom stereocenters. The average molecular weight is 319 g/mol. The third kappa shape index (κ3) is 4.54. The van der Waals surface area contributed by atoms with E-state index in [0.29, 0.717) is 0 Å². The number of allylic oxidation sites excluding steroid dienone is 2. The highest BCUT2D eigenvalue weighted by Gasteiger charge is 2.33. The fraction of sp³-hybridized carbons (Fsp3) is 0.909. The van der Waals surface area contributed by atoms with Gasteiger partial charge in [-0.1, -0.05) is 39.5 Å². The first-order chi connectivity index (χ1) is 11.3. The van der Waals surface area contributed by atoms with Crippen molar-refractivity contribution in [3.63, 3.8) is 0 Å². The summed E-state index contributed by atoms with van der Waals surface area (Å²) in [6, 6.07) is 0. The van der Waals surface area contributed by atoms with E-state index in [1.165, 1.54) is 76.4 Å². The molecule has 1 nitrogen and oxygen atoms in total. The second-order valence-corrected chi connectivity index (χ2v) is 8.58. The minimum atomic E-state index is 0.812. The first-order valence-electron chi connectivity index (χ1n) is 10.6. The standard InChI is InChI=1S/C22H38O/c1-3-5-17-6-8-18(9-7-17)19-10-12-20(13-11-19)21-14-15-22(4-2)23-16-21/h15,17-21H,3-14,16H2,1-2H3. The van der Waals surface area contributed by atoms with Crippen LogP contribution in [-0.4, -0.2) is 6.61 Å². The Kier molecular flexibility index (Phi) is 6.48. The van der Waals surface area contributed by atoms with Crippen LogP contribution in [0.4, 0.5) is 0 Å². The van der Waals surface area contributed by atoms with Gasteiger partial charge in [0.05, 0.1) is 12.4 Å². The molecule has 2 aliphatic carbocycles. The van der Waals surface area contributed by atoms with E-state index < -0.39 is 0 Å². The Balaban J connectivity index is 1.40. The quantitative estimate of drug-likeness (QED) is 0.546. The van der Waals surface area contributed by atoms with Gasteiger partial charge in [0.2, 0.25) is 0 Å². The maximum absolute atomic E-state index is 5.93. The van der Waals surface area contributed by atoms with Crippen LogP contribution in [0.15, 0.2) is 11.8 Å². The fourth-order valence-electron chi connectivity index (χ4n) is 5.64. The van der Waals surface area contributed by atoms with Gasteiger partial charge >= 0.3 is 0 Å². The molecule has 0 radical (unpaired) electrons. The van der Waals surface area contributed by atoms with E-state index in [0.717, 1.165) is 42.6 Å². The van der Waals surface area contributed by atoms with Crippen molar-refractivity contribution in [2.45, 2.75) is 90.9 Å². The molecule has 0 saturated heterocycles. The van der Waals surface area contributed by atoms with Crippen molar-refractivity contribution >= 4 is 0 Å². The molecule has 0 aromatic heterocycles. The highest BCUT2D eigenvalue weighted by Crippen LogP contribution is 2.44. The lowest BCUT2D eigenvalue weighted by molar-refractivity contribution is 0.0701. The van der Waals surface area contributed by atoms with Crippen LogP contribution in [0, 0.1) is 29.6 Å². The molecule has 2 saturated carbocycles. The van der Waals surface area contributed by atoms with Crippen LogP contribution in [0.1, 0.15) is 90.9 Å². The van der Waals surface area contributed by atoms with Crippen LogP contribution in [0.3, 0.4) is 0 Å².